The molecule has 3 heterocycles. The summed E-state index contributed by atoms with van der Waals surface area (Å²) in [5.74, 6) is -4.09. The van der Waals surface area contributed by atoms with E-state index in [-0.39, 0.29) is 31.3 Å². The standard InChI is InChI=1S/C38H56N6O9/c1-9-22(4)31-34(47)40-30(21(2)3)36(49)44-19-11-13-28(44)35(48)42(7)29(20-25-14-16-26(52-8)17-15-25)38(51)53-23(5)32(39-24(6)45)37(50)43-18-10-12-27(43)33(46)41-31/h14-17,21-23,27-32H,9-13,18-20H2,1-8H3,(H,39,45)(H,40,47)(H,41,46)/t22-,23-,27-,28+,29-,30+,31-,32+/m0/s1. The highest BCUT2D eigenvalue weighted by atomic mass is 16.5. The molecule has 0 unspecified atom stereocenters. The van der Waals surface area contributed by atoms with E-state index in [4.69, 9.17) is 9.47 Å². The molecule has 3 aliphatic rings. The predicted molar refractivity (Wildman–Crippen MR) is 194 cm³/mol. The summed E-state index contributed by atoms with van der Waals surface area (Å²) >= 11 is 0. The second-order valence-corrected chi connectivity index (χ2v) is 14.8. The van der Waals surface area contributed by atoms with Gasteiger partial charge in [0.15, 0.2) is 0 Å². The third-order valence-electron chi connectivity index (χ3n) is 10.8. The van der Waals surface area contributed by atoms with Crippen LogP contribution in [0.1, 0.15) is 79.2 Å². The van der Waals surface area contributed by atoms with Gasteiger partial charge in [0.05, 0.1) is 7.11 Å². The van der Waals surface area contributed by atoms with Crippen molar-refractivity contribution in [2.45, 2.75) is 122 Å². The third-order valence-corrected chi connectivity index (χ3v) is 10.8. The van der Waals surface area contributed by atoms with Gasteiger partial charge in [0, 0.05) is 33.5 Å². The smallest absolute Gasteiger partial charge is 0.329 e. The summed E-state index contributed by atoms with van der Waals surface area (Å²) < 4.78 is 11.2. The summed E-state index contributed by atoms with van der Waals surface area (Å²) in [6.45, 7) is 10.5. The van der Waals surface area contributed by atoms with Gasteiger partial charge in [-0.15, -0.1) is 0 Å². The molecule has 0 radical (unpaired) electrons. The highest BCUT2D eigenvalue weighted by molar-refractivity contribution is 5.97. The molecule has 0 spiro atoms. The summed E-state index contributed by atoms with van der Waals surface area (Å²) in [4.78, 5) is 101. The molecule has 15 nitrogen and oxygen atoms in total. The Bertz CT molecular complexity index is 1530. The molecule has 8 atom stereocenters. The van der Waals surface area contributed by atoms with E-state index in [1.165, 1.54) is 42.7 Å². The highest BCUT2D eigenvalue weighted by Gasteiger charge is 2.45. The number of rotatable bonds is 7. The first-order valence-corrected chi connectivity index (χ1v) is 18.7. The van der Waals surface area contributed by atoms with Crippen LogP contribution in [0.5, 0.6) is 5.75 Å². The first kappa shape index (κ1) is 41.1. The zero-order valence-corrected chi connectivity index (χ0v) is 32.2. The van der Waals surface area contributed by atoms with E-state index < -0.39 is 83.8 Å². The zero-order valence-electron chi connectivity index (χ0n) is 32.2. The van der Waals surface area contributed by atoms with Gasteiger partial charge in [-0.25, -0.2) is 4.79 Å². The van der Waals surface area contributed by atoms with Crippen molar-refractivity contribution in [1.29, 1.82) is 0 Å². The molecule has 3 aliphatic heterocycles. The van der Waals surface area contributed by atoms with E-state index in [2.05, 4.69) is 16.0 Å². The van der Waals surface area contributed by atoms with Gasteiger partial charge in [-0.1, -0.05) is 46.2 Å². The summed E-state index contributed by atoms with van der Waals surface area (Å²) in [6, 6.07) is 0.551. The van der Waals surface area contributed by atoms with E-state index in [1.807, 2.05) is 13.8 Å². The van der Waals surface area contributed by atoms with Crippen LogP contribution in [0, 0.1) is 11.8 Å². The highest BCUT2D eigenvalue weighted by Crippen LogP contribution is 2.26. The summed E-state index contributed by atoms with van der Waals surface area (Å²) in [5.41, 5.74) is 0.691. The number of hydrogen-bond acceptors (Lipinski definition) is 9. The van der Waals surface area contributed by atoms with Crippen LogP contribution in [0.2, 0.25) is 0 Å². The Morgan fingerprint density at radius 3 is 2.04 bits per heavy atom. The van der Waals surface area contributed by atoms with Gasteiger partial charge in [-0.3, -0.25) is 28.8 Å². The van der Waals surface area contributed by atoms with Gasteiger partial charge in [-0.2, -0.15) is 0 Å². The maximum Gasteiger partial charge on any atom is 0.329 e. The molecular weight excluding hydrogens is 684 g/mol. The van der Waals surface area contributed by atoms with Gasteiger partial charge in [-0.05, 0) is 62.1 Å². The Balaban J connectivity index is 1.80. The number of nitrogens with zero attached hydrogens (tertiary/aromatic N) is 3. The van der Waals surface area contributed by atoms with Crippen molar-refractivity contribution < 1.29 is 43.0 Å². The quantitative estimate of drug-likeness (QED) is 0.346. The fourth-order valence-corrected chi connectivity index (χ4v) is 7.34. The minimum absolute atomic E-state index is 0.0350. The molecule has 53 heavy (non-hydrogen) atoms. The lowest BCUT2D eigenvalue weighted by Crippen LogP contribution is -2.61. The van der Waals surface area contributed by atoms with Crippen molar-refractivity contribution in [2.24, 2.45) is 11.8 Å². The number of carbonyl (C=O) groups excluding carboxylic acids is 7. The average Bonchev–Trinajstić information content (AvgIpc) is 3.83. The number of likely N-dealkylation sites (N-methyl/N-ethyl adjacent to an activating group) is 1. The second-order valence-electron chi connectivity index (χ2n) is 14.8. The Kier molecular flexibility index (Phi) is 13.9. The number of carbonyl (C=O) groups is 7. The number of hydrogen-bond donors (Lipinski definition) is 3. The SMILES string of the molecule is CC[C@H](C)[C@@H]1NC(=O)[C@@H]2CCCN2C(=O)[C@H](NC(C)=O)[C@H](C)OC(=O)[C@H](Cc2ccc(OC)cc2)N(C)C(=O)[C@H]2CCCN2C(=O)[C@@H](C(C)C)NC1=O. The Morgan fingerprint density at radius 1 is 0.887 bits per heavy atom. The largest absolute Gasteiger partial charge is 0.497 e. The molecule has 292 valence electrons. The van der Waals surface area contributed by atoms with Crippen molar-refractivity contribution in [3.05, 3.63) is 29.8 Å². The summed E-state index contributed by atoms with van der Waals surface area (Å²) in [7, 11) is 3.01. The Labute approximate surface area is 311 Å². The van der Waals surface area contributed by atoms with Crippen LogP contribution >= 0.6 is 0 Å². The van der Waals surface area contributed by atoms with Crippen LogP contribution in [0.3, 0.4) is 0 Å². The average molecular weight is 741 g/mol. The molecule has 3 N–H and O–H groups in total. The van der Waals surface area contributed by atoms with E-state index in [1.54, 1.807) is 38.1 Å². The van der Waals surface area contributed by atoms with Crippen molar-refractivity contribution in [2.75, 3.05) is 27.2 Å². The van der Waals surface area contributed by atoms with Crippen molar-refractivity contribution in [1.82, 2.24) is 30.7 Å². The minimum Gasteiger partial charge on any atom is -0.497 e. The number of benzene rings is 1. The number of cyclic esters (lactones) is 1. The van der Waals surface area contributed by atoms with Crippen LogP contribution in [0.15, 0.2) is 24.3 Å². The first-order chi connectivity index (χ1) is 25.1. The number of methoxy groups -OCH3 is 1. The molecule has 3 saturated heterocycles. The monoisotopic (exact) mass is 740 g/mol. The van der Waals surface area contributed by atoms with E-state index in [9.17, 15) is 33.6 Å². The van der Waals surface area contributed by atoms with E-state index in [0.717, 1.165) is 0 Å². The maximum absolute atomic E-state index is 14.3. The van der Waals surface area contributed by atoms with E-state index in [0.29, 0.717) is 43.4 Å². The van der Waals surface area contributed by atoms with Gasteiger partial charge < -0.3 is 40.1 Å². The molecule has 0 aromatic heterocycles. The molecule has 3 fully saturated rings. The molecule has 1 aromatic carbocycles. The fourth-order valence-electron chi connectivity index (χ4n) is 7.34. The molecule has 15 heteroatoms. The number of esters is 1. The van der Waals surface area contributed by atoms with E-state index >= 15 is 0 Å². The maximum atomic E-state index is 14.3. The fraction of sp³-hybridized carbons (Fsp3) is 0.658. The van der Waals surface area contributed by atoms with Crippen LogP contribution in [-0.4, -0.2) is 126 Å². The van der Waals surface area contributed by atoms with Crippen LogP contribution in [0.25, 0.3) is 0 Å². The lowest BCUT2D eigenvalue weighted by molar-refractivity contribution is -0.163. The lowest BCUT2D eigenvalue weighted by atomic mass is 9.95. The molecule has 0 saturated carbocycles. The van der Waals surface area contributed by atoms with Gasteiger partial charge in [0.1, 0.15) is 48.1 Å². The topological polar surface area (TPSA) is 184 Å². The van der Waals surface area contributed by atoms with Crippen molar-refractivity contribution in [3.63, 3.8) is 0 Å². The Hall–Kier alpha value is -4.69. The first-order valence-electron chi connectivity index (χ1n) is 18.7. The van der Waals surface area contributed by atoms with Crippen molar-refractivity contribution >= 4 is 41.4 Å². The van der Waals surface area contributed by atoms with Crippen LogP contribution < -0.4 is 20.7 Å². The molecule has 0 aliphatic carbocycles. The van der Waals surface area contributed by atoms with Gasteiger partial charge >= 0.3 is 5.97 Å². The molecule has 6 amide bonds. The molecule has 4 rings (SSSR count). The van der Waals surface area contributed by atoms with Gasteiger partial charge in [0.2, 0.25) is 35.4 Å². The zero-order chi connectivity index (χ0) is 39.1. The van der Waals surface area contributed by atoms with Crippen molar-refractivity contribution in [3.8, 4) is 5.75 Å². The predicted octanol–water partition coefficient (Wildman–Crippen LogP) is 1.17. The summed E-state index contributed by atoms with van der Waals surface area (Å²) in [5, 5.41) is 8.35. The third kappa shape index (κ3) is 9.46. The van der Waals surface area contributed by atoms with Gasteiger partial charge in [0.25, 0.3) is 0 Å². The number of ether oxygens (including phenoxy) is 2. The Morgan fingerprint density at radius 2 is 1.47 bits per heavy atom. The normalized spacial score (nSPS) is 28.6. The van der Waals surface area contributed by atoms with Crippen LogP contribution in [-0.2, 0) is 44.7 Å². The number of nitrogens with one attached hydrogen (secondary N) is 3. The number of amides is 6. The molecule has 0 bridgehead atoms. The second kappa shape index (κ2) is 17.9. The number of fused-ring (bicyclic) bond motifs is 2. The summed E-state index contributed by atoms with van der Waals surface area (Å²) in [6.07, 6.45) is 1.04. The lowest BCUT2D eigenvalue weighted by Gasteiger charge is -2.35. The molecule has 1 aromatic rings. The molecular formula is C38H56N6O9. The van der Waals surface area contributed by atoms with Crippen LogP contribution in [0.4, 0.5) is 0 Å². The minimum atomic E-state index is -1.35.